The van der Waals surface area contributed by atoms with Crippen LogP contribution in [-0.2, 0) is 11.2 Å². The minimum absolute atomic E-state index is 0.289. The fourth-order valence-corrected chi connectivity index (χ4v) is 3.64. The summed E-state index contributed by atoms with van der Waals surface area (Å²) >= 11 is 2.03. The zero-order chi connectivity index (χ0) is 15.7. The van der Waals surface area contributed by atoms with Gasteiger partial charge in [-0.25, -0.2) is 0 Å². The lowest BCUT2D eigenvalue weighted by atomic mass is 10.1. The van der Waals surface area contributed by atoms with Crippen LogP contribution in [0.4, 0.5) is 0 Å². The van der Waals surface area contributed by atoms with E-state index in [2.05, 4.69) is 17.6 Å². The molecule has 2 N–H and O–H groups in total. The molecule has 6 heteroatoms. The molecule has 1 unspecified atom stereocenters. The van der Waals surface area contributed by atoms with Gasteiger partial charge in [-0.3, -0.25) is 4.99 Å². The van der Waals surface area contributed by atoms with Gasteiger partial charge in [-0.05, 0) is 37.7 Å². The van der Waals surface area contributed by atoms with Crippen molar-refractivity contribution in [1.29, 1.82) is 0 Å². The molecule has 1 aromatic heterocycles. The van der Waals surface area contributed by atoms with Crippen molar-refractivity contribution in [3.63, 3.8) is 0 Å². The third kappa shape index (κ3) is 5.93. The monoisotopic (exact) mass is 325 g/mol. The van der Waals surface area contributed by atoms with E-state index in [0.29, 0.717) is 6.61 Å². The Morgan fingerprint density at radius 3 is 3.00 bits per heavy atom. The van der Waals surface area contributed by atoms with Gasteiger partial charge in [-0.15, -0.1) is 0 Å². The van der Waals surface area contributed by atoms with Crippen molar-refractivity contribution in [3.05, 3.63) is 24.2 Å². The molecule has 1 aliphatic heterocycles. The zero-order valence-corrected chi connectivity index (χ0v) is 14.4. The van der Waals surface area contributed by atoms with Crippen LogP contribution >= 0.6 is 11.8 Å². The molecule has 22 heavy (non-hydrogen) atoms. The Morgan fingerprint density at radius 1 is 1.45 bits per heavy atom. The number of methoxy groups -OCH3 is 1. The van der Waals surface area contributed by atoms with Gasteiger partial charge in [0.25, 0.3) is 0 Å². The third-order valence-corrected chi connectivity index (χ3v) is 5.24. The molecule has 1 saturated heterocycles. The minimum Gasteiger partial charge on any atom is -0.469 e. The molecule has 1 atom stereocenters. The van der Waals surface area contributed by atoms with E-state index in [1.165, 1.54) is 18.6 Å². The summed E-state index contributed by atoms with van der Waals surface area (Å²) in [6, 6.07) is 3.91. The lowest BCUT2D eigenvalue weighted by molar-refractivity contribution is 0.203. The molecule has 1 aliphatic rings. The van der Waals surface area contributed by atoms with E-state index in [-0.39, 0.29) is 4.75 Å². The van der Waals surface area contributed by atoms with Crippen molar-refractivity contribution in [2.24, 2.45) is 4.99 Å². The topological polar surface area (TPSA) is 58.8 Å². The first-order valence-corrected chi connectivity index (χ1v) is 8.88. The zero-order valence-electron chi connectivity index (χ0n) is 13.6. The fraction of sp³-hybridized carbons (Fsp3) is 0.688. The van der Waals surface area contributed by atoms with Crippen molar-refractivity contribution in [2.45, 2.75) is 30.9 Å². The Labute approximate surface area is 137 Å². The summed E-state index contributed by atoms with van der Waals surface area (Å²) in [6.45, 7) is 5.39. The SMILES string of the molecule is COCCNC(=NCC1(C)CCCS1)NCCc1ccco1. The van der Waals surface area contributed by atoms with E-state index in [1.54, 1.807) is 13.4 Å². The van der Waals surface area contributed by atoms with E-state index >= 15 is 0 Å². The Bertz CT molecular complexity index is 442. The van der Waals surface area contributed by atoms with Gasteiger partial charge in [0, 0.05) is 31.4 Å². The maximum Gasteiger partial charge on any atom is 0.191 e. The molecular formula is C16H27N3O2S. The molecule has 0 aliphatic carbocycles. The molecule has 5 nitrogen and oxygen atoms in total. The largest absolute Gasteiger partial charge is 0.469 e. The Balaban J connectivity index is 1.81. The summed E-state index contributed by atoms with van der Waals surface area (Å²) in [4.78, 5) is 4.76. The summed E-state index contributed by atoms with van der Waals surface area (Å²) in [6.07, 6.45) is 5.11. The molecular weight excluding hydrogens is 298 g/mol. The van der Waals surface area contributed by atoms with Crippen molar-refractivity contribution < 1.29 is 9.15 Å². The number of hydrogen-bond donors (Lipinski definition) is 2. The van der Waals surface area contributed by atoms with Gasteiger partial charge < -0.3 is 19.8 Å². The van der Waals surface area contributed by atoms with Gasteiger partial charge >= 0.3 is 0 Å². The second kappa shape index (κ2) is 9.10. The molecule has 0 aromatic carbocycles. The van der Waals surface area contributed by atoms with Crippen LogP contribution < -0.4 is 10.6 Å². The number of nitrogens with zero attached hydrogens (tertiary/aromatic N) is 1. The minimum atomic E-state index is 0.289. The quantitative estimate of drug-likeness (QED) is 0.436. The second-order valence-corrected chi connectivity index (χ2v) is 7.42. The highest BCUT2D eigenvalue weighted by atomic mass is 32.2. The van der Waals surface area contributed by atoms with Gasteiger partial charge in [0.15, 0.2) is 5.96 Å². The maximum atomic E-state index is 5.35. The highest BCUT2D eigenvalue weighted by Crippen LogP contribution is 2.37. The first-order chi connectivity index (χ1) is 10.7. The first-order valence-electron chi connectivity index (χ1n) is 7.89. The molecule has 1 aromatic rings. The molecule has 0 spiro atoms. The summed E-state index contributed by atoms with van der Waals surface area (Å²) in [7, 11) is 1.71. The number of aliphatic imine (C=N–C) groups is 1. The normalized spacial score (nSPS) is 22.0. The average molecular weight is 325 g/mol. The van der Waals surface area contributed by atoms with Gasteiger partial charge in [0.2, 0.25) is 0 Å². The fourth-order valence-electron chi connectivity index (χ4n) is 2.41. The van der Waals surface area contributed by atoms with E-state index in [0.717, 1.165) is 37.8 Å². The predicted octanol–water partition coefficient (Wildman–Crippen LogP) is 2.29. The van der Waals surface area contributed by atoms with Crippen LogP contribution in [-0.4, -0.2) is 49.8 Å². The summed E-state index contributed by atoms with van der Waals surface area (Å²) < 4.78 is 10.7. The third-order valence-electron chi connectivity index (χ3n) is 3.71. The molecule has 2 heterocycles. The predicted molar refractivity (Wildman–Crippen MR) is 92.7 cm³/mol. The molecule has 0 radical (unpaired) electrons. The molecule has 124 valence electrons. The number of furan rings is 1. The smallest absolute Gasteiger partial charge is 0.191 e. The first kappa shape index (κ1) is 17.2. The summed E-state index contributed by atoms with van der Waals surface area (Å²) in [5.41, 5.74) is 0. The number of guanidine groups is 1. The average Bonchev–Trinajstić information content (AvgIpc) is 3.17. The highest BCUT2D eigenvalue weighted by molar-refractivity contribution is 8.00. The number of thioether (sulfide) groups is 1. The summed E-state index contributed by atoms with van der Waals surface area (Å²) in [5, 5.41) is 6.69. The number of ether oxygens (including phenoxy) is 1. The van der Waals surface area contributed by atoms with Gasteiger partial charge in [-0.2, -0.15) is 11.8 Å². The molecule has 2 rings (SSSR count). The Kier molecular flexibility index (Phi) is 7.12. The number of rotatable bonds is 8. The number of nitrogens with one attached hydrogen (secondary N) is 2. The van der Waals surface area contributed by atoms with E-state index in [1.807, 2.05) is 23.9 Å². The van der Waals surface area contributed by atoms with Gasteiger partial charge in [0.1, 0.15) is 5.76 Å². The van der Waals surface area contributed by atoms with Crippen LogP contribution in [0.5, 0.6) is 0 Å². The molecule has 0 amide bonds. The standard InChI is InChI=1S/C16H27N3O2S/c1-16(7-4-12-22-16)13-19-15(18-9-11-20-2)17-8-6-14-5-3-10-21-14/h3,5,10H,4,6-9,11-13H2,1-2H3,(H2,17,18,19). The van der Waals surface area contributed by atoms with Crippen molar-refractivity contribution in [3.8, 4) is 0 Å². The Morgan fingerprint density at radius 2 is 2.32 bits per heavy atom. The highest BCUT2D eigenvalue weighted by Gasteiger charge is 2.29. The van der Waals surface area contributed by atoms with Crippen LogP contribution in [0.15, 0.2) is 27.8 Å². The van der Waals surface area contributed by atoms with Gasteiger partial charge in [-0.1, -0.05) is 0 Å². The number of hydrogen-bond acceptors (Lipinski definition) is 4. The lowest BCUT2D eigenvalue weighted by Crippen LogP contribution is -2.41. The summed E-state index contributed by atoms with van der Waals surface area (Å²) in [5.74, 6) is 3.10. The second-order valence-electron chi connectivity index (χ2n) is 5.74. The van der Waals surface area contributed by atoms with Crippen LogP contribution in [0.3, 0.4) is 0 Å². The van der Waals surface area contributed by atoms with Crippen LogP contribution in [0.1, 0.15) is 25.5 Å². The molecule has 0 bridgehead atoms. The molecule has 1 fully saturated rings. The maximum absolute atomic E-state index is 5.35. The van der Waals surface area contributed by atoms with E-state index in [9.17, 15) is 0 Å². The lowest BCUT2D eigenvalue weighted by Gasteiger charge is -2.21. The molecule has 0 saturated carbocycles. The van der Waals surface area contributed by atoms with Crippen LogP contribution in [0, 0.1) is 0 Å². The van der Waals surface area contributed by atoms with Crippen molar-refractivity contribution >= 4 is 17.7 Å². The van der Waals surface area contributed by atoms with Gasteiger partial charge in [0.05, 0.1) is 19.4 Å². The van der Waals surface area contributed by atoms with Crippen molar-refractivity contribution in [1.82, 2.24) is 10.6 Å². The van der Waals surface area contributed by atoms with E-state index in [4.69, 9.17) is 14.1 Å². The van der Waals surface area contributed by atoms with Crippen molar-refractivity contribution in [2.75, 3.05) is 39.1 Å². The van der Waals surface area contributed by atoms with Crippen LogP contribution in [0.2, 0.25) is 0 Å². The van der Waals surface area contributed by atoms with Crippen LogP contribution in [0.25, 0.3) is 0 Å². The van der Waals surface area contributed by atoms with E-state index < -0.39 is 0 Å². The Hall–Kier alpha value is -1.14.